The number of hydrogen-bond donors (Lipinski definition) is 0. The molecule has 1 saturated heterocycles. The van der Waals surface area contributed by atoms with Gasteiger partial charge in [-0.3, -0.25) is 14.5 Å². The van der Waals surface area contributed by atoms with Crippen molar-refractivity contribution in [2.75, 3.05) is 46.0 Å². The van der Waals surface area contributed by atoms with Gasteiger partial charge in [-0.15, -0.1) is 0 Å². The van der Waals surface area contributed by atoms with E-state index in [1.165, 1.54) is 18.2 Å². The zero-order valence-corrected chi connectivity index (χ0v) is 19.1. The molecule has 3 aromatic rings. The summed E-state index contributed by atoms with van der Waals surface area (Å²) in [7, 11) is 0. The van der Waals surface area contributed by atoms with Crippen LogP contribution < -0.4 is 10.2 Å². The van der Waals surface area contributed by atoms with Gasteiger partial charge in [0.1, 0.15) is 17.1 Å². The van der Waals surface area contributed by atoms with Crippen molar-refractivity contribution in [3.63, 3.8) is 0 Å². The van der Waals surface area contributed by atoms with E-state index in [1.54, 1.807) is 4.90 Å². The van der Waals surface area contributed by atoms with E-state index in [4.69, 9.17) is 13.9 Å². The summed E-state index contributed by atoms with van der Waals surface area (Å²) in [5.41, 5.74) is 0.876. The Balaban J connectivity index is 1.52. The van der Waals surface area contributed by atoms with Gasteiger partial charge >= 0.3 is 0 Å². The molecule has 0 unspecified atom stereocenters. The fourth-order valence-corrected chi connectivity index (χ4v) is 4.77. The molecule has 0 aliphatic carbocycles. The van der Waals surface area contributed by atoms with Gasteiger partial charge in [0.05, 0.1) is 36.8 Å². The Kier molecular flexibility index (Phi) is 6.34. The summed E-state index contributed by atoms with van der Waals surface area (Å²) in [6.07, 6.45) is 0.746. The third kappa shape index (κ3) is 4.19. The van der Waals surface area contributed by atoms with Gasteiger partial charge in [0.2, 0.25) is 5.76 Å². The van der Waals surface area contributed by atoms with E-state index in [0.717, 1.165) is 31.6 Å². The first-order valence-electron chi connectivity index (χ1n) is 11.7. The van der Waals surface area contributed by atoms with E-state index < -0.39 is 11.9 Å². The van der Waals surface area contributed by atoms with Gasteiger partial charge in [0, 0.05) is 26.2 Å². The van der Waals surface area contributed by atoms with Crippen molar-refractivity contribution in [3.8, 4) is 5.75 Å². The molecule has 0 bridgehead atoms. The Bertz CT molecular complexity index is 1250. The highest BCUT2D eigenvalue weighted by Crippen LogP contribution is 2.38. The molecule has 1 atom stereocenters. The number of ether oxygens (including phenoxy) is 2. The normalized spacial score (nSPS) is 18.5. The van der Waals surface area contributed by atoms with Crippen LogP contribution in [0.5, 0.6) is 5.75 Å². The van der Waals surface area contributed by atoms with Crippen LogP contribution in [0.15, 0.2) is 51.7 Å². The smallest absolute Gasteiger partial charge is 0.290 e. The number of carbonyl (C=O) groups is 1. The van der Waals surface area contributed by atoms with Crippen molar-refractivity contribution in [1.82, 2.24) is 9.80 Å². The van der Waals surface area contributed by atoms with Crippen molar-refractivity contribution >= 4 is 16.9 Å². The monoisotopic (exact) mass is 466 g/mol. The number of benzene rings is 2. The van der Waals surface area contributed by atoms with E-state index >= 15 is 0 Å². The molecule has 0 spiro atoms. The minimum absolute atomic E-state index is 0.0364. The fourth-order valence-electron chi connectivity index (χ4n) is 4.77. The zero-order valence-electron chi connectivity index (χ0n) is 19.1. The molecular formula is C26H27FN2O5. The lowest BCUT2D eigenvalue weighted by Gasteiger charge is -2.29. The molecule has 5 rings (SSSR count). The highest BCUT2D eigenvalue weighted by atomic mass is 19.1. The molecule has 8 heteroatoms. The Hall–Kier alpha value is -3.23. The van der Waals surface area contributed by atoms with Crippen LogP contribution in [0.2, 0.25) is 0 Å². The number of halogens is 1. The molecule has 0 saturated carbocycles. The SMILES string of the molecule is CCOc1ccc([C@@H]2c3c(oc4ccc(F)cc4c3=O)C(=O)N2CCCN2CCOCC2)cc1. The number of carbonyl (C=O) groups excluding carboxylic acids is 1. The van der Waals surface area contributed by atoms with Gasteiger partial charge in [0.25, 0.3) is 5.91 Å². The maximum Gasteiger partial charge on any atom is 0.290 e. The third-order valence-electron chi connectivity index (χ3n) is 6.41. The summed E-state index contributed by atoms with van der Waals surface area (Å²) < 4.78 is 30.8. The second-order valence-electron chi connectivity index (χ2n) is 8.53. The Morgan fingerprint density at radius 2 is 1.82 bits per heavy atom. The summed E-state index contributed by atoms with van der Waals surface area (Å²) in [5, 5.41) is 0.137. The Morgan fingerprint density at radius 3 is 2.56 bits per heavy atom. The van der Waals surface area contributed by atoms with Crippen molar-refractivity contribution in [1.29, 1.82) is 0 Å². The lowest BCUT2D eigenvalue weighted by molar-refractivity contribution is 0.0353. The Labute approximate surface area is 196 Å². The van der Waals surface area contributed by atoms with Crippen molar-refractivity contribution in [3.05, 3.63) is 75.4 Å². The Morgan fingerprint density at radius 1 is 1.06 bits per heavy atom. The maximum absolute atomic E-state index is 13.9. The van der Waals surface area contributed by atoms with Crippen molar-refractivity contribution < 1.29 is 23.1 Å². The van der Waals surface area contributed by atoms with Crippen LogP contribution in [-0.4, -0.2) is 61.7 Å². The van der Waals surface area contributed by atoms with E-state index in [2.05, 4.69) is 4.90 Å². The molecule has 2 aliphatic rings. The van der Waals surface area contributed by atoms with Crippen LogP contribution in [0.3, 0.4) is 0 Å². The molecular weight excluding hydrogens is 439 g/mol. The molecule has 1 fully saturated rings. The van der Waals surface area contributed by atoms with Gasteiger partial charge < -0.3 is 18.8 Å². The summed E-state index contributed by atoms with van der Waals surface area (Å²) >= 11 is 0. The maximum atomic E-state index is 13.9. The van der Waals surface area contributed by atoms with Gasteiger partial charge in [0.15, 0.2) is 5.43 Å². The molecule has 178 valence electrons. The van der Waals surface area contributed by atoms with Gasteiger partial charge in [-0.1, -0.05) is 12.1 Å². The minimum atomic E-state index is -0.605. The van der Waals surface area contributed by atoms with Gasteiger partial charge in [-0.05, 0) is 49.2 Å². The van der Waals surface area contributed by atoms with E-state index in [9.17, 15) is 14.0 Å². The number of amides is 1. The summed E-state index contributed by atoms with van der Waals surface area (Å²) in [6.45, 7) is 6.90. The predicted molar refractivity (Wildman–Crippen MR) is 125 cm³/mol. The average Bonchev–Trinajstić information content (AvgIpc) is 3.13. The second kappa shape index (κ2) is 9.56. The quantitative estimate of drug-likeness (QED) is 0.530. The molecule has 1 amide bonds. The first-order chi connectivity index (χ1) is 16.6. The van der Waals surface area contributed by atoms with E-state index in [-0.39, 0.29) is 33.6 Å². The number of fused-ring (bicyclic) bond motifs is 2. The zero-order chi connectivity index (χ0) is 23.7. The second-order valence-corrected chi connectivity index (χ2v) is 8.53. The van der Waals surface area contributed by atoms with Crippen LogP contribution in [0, 0.1) is 5.82 Å². The first-order valence-corrected chi connectivity index (χ1v) is 11.7. The molecule has 2 aromatic carbocycles. The molecule has 7 nitrogen and oxygen atoms in total. The summed E-state index contributed by atoms with van der Waals surface area (Å²) in [6, 6.07) is 10.6. The third-order valence-corrected chi connectivity index (χ3v) is 6.41. The van der Waals surface area contributed by atoms with Gasteiger partial charge in [-0.25, -0.2) is 4.39 Å². The highest BCUT2D eigenvalue weighted by Gasteiger charge is 2.42. The minimum Gasteiger partial charge on any atom is -0.494 e. The van der Waals surface area contributed by atoms with Crippen LogP contribution in [0.25, 0.3) is 11.0 Å². The molecule has 3 heterocycles. The standard InChI is InChI=1S/C26H27FN2O5/c1-2-33-19-7-4-17(5-8-19)23-22-24(30)20-16-18(27)6-9-21(20)34-25(22)26(31)29(23)11-3-10-28-12-14-32-15-13-28/h4-9,16,23H,2-3,10-15H2,1H3/t23-/m1/s1. The molecule has 2 aliphatic heterocycles. The topological polar surface area (TPSA) is 72.2 Å². The average molecular weight is 467 g/mol. The van der Waals surface area contributed by atoms with Crippen LogP contribution >= 0.6 is 0 Å². The van der Waals surface area contributed by atoms with Crippen LogP contribution in [0.4, 0.5) is 4.39 Å². The van der Waals surface area contributed by atoms with Gasteiger partial charge in [-0.2, -0.15) is 0 Å². The highest BCUT2D eigenvalue weighted by molar-refractivity contribution is 5.99. The van der Waals surface area contributed by atoms with Crippen LogP contribution in [-0.2, 0) is 4.74 Å². The fraction of sp³-hybridized carbons (Fsp3) is 0.385. The lowest BCUT2D eigenvalue weighted by atomic mass is 9.98. The van der Waals surface area contributed by atoms with Crippen molar-refractivity contribution in [2.24, 2.45) is 0 Å². The molecule has 0 radical (unpaired) electrons. The predicted octanol–water partition coefficient (Wildman–Crippen LogP) is 3.60. The van der Waals surface area contributed by atoms with E-state index in [1.807, 2.05) is 31.2 Å². The lowest BCUT2D eigenvalue weighted by Crippen LogP contribution is -2.38. The largest absolute Gasteiger partial charge is 0.494 e. The molecule has 1 aromatic heterocycles. The molecule has 0 N–H and O–H groups in total. The van der Waals surface area contributed by atoms with E-state index in [0.29, 0.717) is 32.1 Å². The number of nitrogens with zero attached hydrogens (tertiary/aromatic N) is 2. The van der Waals surface area contributed by atoms with Crippen molar-refractivity contribution in [2.45, 2.75) is 19.4 Å². The molecule has 34 heavy (non-hydrogen) atoms. The first kappa shape index (κ1) is 22.6. The number of rotatable bonds is 7. The summed E-state index contributed by atoms with van der Waals surface area (Å²) in [5.74, 6) is -0.0973. The number of morpholine rings is 1. The van der Waals surface area contributed by atoms with Crippen LogP contribution in [0.1, 0.15) is 41.1 Å². The summed E-state index contributed by atoms with van der Waals surface area (Å²) in [4.78, 5) is 30.9. The number of hydrogen-bond acceptors (Lipinski definition) is 6.